The minimum atomic E-state index is -0.575. The molecule has 0 spiro atoms. The Morgan fingerprint density at radius 3 is 2.94 bits per heavy atom. The Morgan fingerprint density at radius 2 is 2.29 bits per heavy atom. The number of aromatic nitrogens is 2. The Labute approximate surface area is 109 Å². The minimum absolute atomic E-state index is 0.0119. The second-order valence-electron chi connectivity index (χ2n) is 3.17. The van der Waals surface area contributed by atoms with Crippen LogP contribution in [0.5, 0.6) is 0 Å². The lowest BCUT2D eigenvalue weighted by atomic mass is 10.3. The molecule has 2 rings (SSSR count). The number of hydrogen-bond acceptors (Lipinski definition) is 2. The summed E-state index contributed by atoms with van der Waals surface area (Å²) in [5.41, 5.74) is 0.251. The highest BCUT2D eigenvalue weighted by atomic mass is 79.9. The topological polar surface area (TPSA) is 57.8 Å². The van der Waals surface area contributed by atoms with Gasteiger partial charge in [-0.05, 0) is 28.1 Å². The first-order valence-corrected chi connectivity index (χ1v) is 5.69. The Kier molecular flexibility index (Phi) is 3.44. The summed E-state index contributed by atoms with van der Waals surface area (Å²) in [5.74, 6) is -1.06. The number of imidazole rings is 1. The fourth-order valence-electron chi connectivity index (χ4n) is 1.19. The van der Waals surface area contributed by atoms with E-state index in [1.54, 1.807) is 0 Å². The van der Waals surface area contributed by atoms with Gasteiger partial charge >= 0.3 is 0 Å². The molecule has 1 aromatic heterocycles. The molecule has 0 saturated heterocycles. The van der Waals surface area contributed by atoms with Gasteiger partial charge in [0.05, 0.1) is 23.2 Å². The van der Waals surface area contributed by atoms with E-state index in [1.807, 2.05) is 0 Å². The number of hydrogen-bond donors (Lipinski definition) is 2. The number of H-pyrrole nitrogens is 1. The second-order valence-corrected chi connectivity index (χ2v) is 4.43. The van der Waals surface area contributed by atoms with Crippen LogP contribution in [0.15, 0.2) is 29.1 Å². The van der Waals surface area contributed by atoms with Crippen molar-refractivity contribution in [1.82, 2.24) is 9.97 Å². The minimum Gasteiger partial charge on any atom is -0.341 e. The van der Waals surface area contributed by atoms with Gasteiger partial charge in [0.1, 0.15) is 11.5 Å². The number of rotatable bonds is 2. The van der Waals surface area contributed by atoms with Gasteiger partial charge in [-0.3, -0.25) is 4.79 Å². The van der Waals surface area contributed by atoms with Gasteiger partial charge < -0.3 is 10.3 Å². The normalized spacial score (nSPS) is 10.3. The molecular formula is C10H6BrClFN3O. The van der Waals surface area contributed by atoms with E-state index in [0.29, 0.717) is 9.50 Å². The second kappa shape index (κ2) is 4.85. The molecule has 0 fully saturated rings. The Balaban J connectivity index is 2.25. The molecule has 7 heteroatoms. The zero-order chi connectivity index (χ0) is 12.4. The monoisotopic (exact) mass is 317 g/mol. The third kappa shape index (κ3) is 2.65. The largest absolute Gasteiger partial charge is 0.341 e. The van der Waals surface area contributed by atoms with Crippen molar-refractivity contribution < 1.29 is 9.18 Å². The lowest BCUT2D eigenvalue weighted by Crippen LogP contribution is -2.13. The summed E-state index contributed by atoms with van der Waals surface area (Å²) in [5, 5.41) is 2.70. The SMILES string of the molecule is O=C(Nc1cc(Cl)c(Br)cc1F)c1cnc[nH]1. The number of nitrogens with one attached hydrogen (secondary N) is 2. The number of anilines is 1. The van der Waals surface area contributed by atoms with E-state index in [9.17, 15) is 9.18 Å². The maximum atomic E-state index is 13.5. The molecule has 0 aliphatic rings. The van der Waals surface area contributed by atoms with E-state index in [-0.39, 0.29) is 11.4 Å². The maximum Gasteiger partial charge on any atom is 0.273 e. The number of halogens is 3. The molecule has 1 amide bonds. The maximum absolute atomic E-state index is 13.5. The van der Waals surface area contributed by atoms with Gasteiger partial charge in [-0.25, -0.2) is 9.37 Å². The van der Waals surface area contributed by atoms with Crippen molar-refractivity contribution in [2.24, 2.45) is 0 Å². The molecular weight excluding hydrogens is 312 g/mol. The summed E-state index contributed by atoms with van der Waals surface area (Å²) in [7, 11) is 0. The third-order valence-electron chi connectivity index (χ3n) is 2.00. The highest BCUT2D eigenvalue weighted by Gasteiger charge is 2.12. The van der Waals surface area contributed by atoms with E-state index in [0.717, 1.165) is 0 Å². The molecule has 0 unspecified atom stereocenters. The van der Waals surface area contributed by atoms with Gasteiger partial charge in [-0.1, -0.05) is 11.6 Å². The quantitative estimate of drug-likeness (QED) is 0.835. The average molecular weight is 319 g/mol. The third-order valence-corrected chi connectivity index (χ3v) is 3.20. The molecule has 1 aromatic carbocycles. The summed E-state index contributed by atoms with van der Waals surface area (Å²) in [6.07, 6.45) is 2.70. The lowest BCUT2D eigenvalue weighted by Gasteiger charge is -2.06. The van der Waals surface area contributed by atoms with Crippen LogP contribution in [0.1, 0.15) is 10.5 Å². The fraction of sp³-hybridized carbons (Fsp3) is 0. The zero-order valence-electron chi connectivity index (χ0n) is 8.30. The van der Waals surface area contributed by atoms with E-state index < -0.39 is 11.7 Å². The molecule has 0 atom stereocenters. The van der Waals surface area contributed by atoms with Crippen molar-refractivity contribution in [2.45, 2.75) is 0 Å². The Bertz CT molecular complexity index is 559. The summed E-state index contributed by atoms with van der Waals surface area (Å²) >= 11 is 8.89. The number of benzene rings is 1. The van der Waals surface area contributed by atoms with Crippen LogP contribution in [0.4, 0.5) is 10.1 Å². The van der Waals surface area contributed by atoms with Crippen molar-refractivity contribution in [2.75, 3.05) is 5.32 Å². The molecule has 1 heterocycles. The highest BCUT2D eigenvalue weighted by Crippen LogP contribution is 2.28. The van der Waals surface area contributed by atoms with Crippen molar-refractivity contribution in [3.8, 4) is 0 Å². The van der Waals surface area contributed by atoms with Crippen LogP contribution >= 0.6 is 27.5 Å². The van der Waals surface area contributed by atoms with Crippen molar-refractivity contribution in [3.05, 3.63) is 45.7 Å². The zero-order valence-corrected chi connectivity index (χ0v) is 10.6. The Hall–Kier alpha value is -1.40. The van der Waals surface area contributed by atoms with Crippen molar-refractivity contribution in [1.29, 1.82) is 0 Å². The summed E-state index contributed by atoms with van der Waals surface area (Å²) in [4.78, 5) is 17.9. The number of carbonyl (C=O) groups is 1. The number of aromatic amines is 1. The molecule has 4 nitrogen and oxygen atoms in total. The van der Waals surface area contributed by atoms with E-state index in [1.165, 1.54) is 24.7 Å². The van der Waals surface area contributed by atoms with Crippen LogP contribution in [0.25, 0.3) is 0 Å². The van der Waals surface area contributed by atoms with Gasteiger partial charge in [-0.2, -0.15) is 0 Å². The van der Waals surface area contributed by atoms with Gasteiger partial charge in [0.25, 0.3) is 5.91 Å². The molecule has 2 aromatic rings. The van der Waals surface area contributed by atoms with E-state index >= 15 is 0 Å². The first-order valence-electron chi connectivity index (χ1n) is 4.52. The van der Waals surface area contributed by atoms with Gasteiger partial charge in [0, 0.05) is 4.47 Å². The average Bonchev–Trinajstić information content (AvgIpc) is 2.79. The van der Waals surface area contributed by atoms with Gasteiger partial charge in [0.15, 0.2) is 0 Å². The smallest absolute Gasteiger partial charge is 0.273 e. The predicted octanol–water partition coefficient (Wildman–Crippen LogP) is 3.22. The molecule has 0 radical (unpaired) electrons. The van der Waals surface area contributed by atoms with E-state index in [2.05, 4.69) is 31.2 Å². The van der Waals surface area contributed by atoms with Crippen LogP contribution in [0.3, 0.4) is 0 Å². The standard InChI is InChI=1S/C10H6BrClFN3O/c11-5-1-7(13)8(2-6(5)12)16-10(17)9-3-14-4-15-9/h1-4H,(H,14,15)(H,16,17). The molecule has 2 N–H and O–H groups in total. The highest BCUT2D eigenvalue weighted by molar-refractivity contribution is 9.10. The number of amides is 1. The first kappa shape index (κ1) is 12.1. The molecule has 17 heavy (non-hydrogen) atoms. The number of nitrogens with zero attached hydrogens (tertiary/aromatic N) is 1. The van der Waals surface area contributed by atoms with Crippen LogP contribution in [0.2, 0.25) is 5.02 Å². The fourth-order valence-corrected chi connectivity index (χ4v) is 1.67. The van der Waals surface area contributed by atoms with Crippen LogP contribution in [-0.2, 0) is 0 Å². The van der Waals surface area contributed by atoms with E-state index in [4.69, 9.17) is 11.6 Å². The van der Waals surface area contributed by atoms with Crippen LogP contribution in [0, 0.1) is 5.82 Å². The molecule has 0 aliphatic heterocycles. The molecule has 88 valence electrons. The summed E-state index contributed by atoms with van der Waals surface area (Å²) in [6, 6.07) is 2.51. The van der Waals surface area contributed by atoms with Crippen molar-refractivity contribution in [3.63, 3.8) is 0 Å². The van der Waals surface area contributed by atoms with Gasteiger partial charge in [0.2, 0.25) is 0 Å². The summed E-state index contributed by atoms with van der Waals surface area (Å²) < 4.78 is 13.9. The molecule has 0 aliphatic carbocycles. The molecule has 0 saturated carbocycles. The first-order chi connectivity index (χ1) is 8.08. The van der Waals surface area contributed by atoms with Gasteiger partial charge in [-0.15, -0.1) is 0 Å². The Morgan fingerprint density at radius 1 is 1.53 bits per heavy atom. The lowest BCUT2D eigenvalue weighted by molar-refractivity contribution is 0.102. The summed E-state index contributed by atoms with van der Waals surface area (Å²) in [6.45, 7) is 0. The molecule has 0 bridgehead atoms. The van der Waals surface area contributed by atoms with Crippen LogP contribution in [-0.4, -0.2) is 15.9 Å². The predicted molar refractivity (Wildman–Crippen MR) is 65.7 cm³/mol. The van der Waals surface area contributed by atoms with Crippen molar-refractivity contribution >= 4 is 39.1 Å². The van der Waals surface area contributed by atoms with Crippen LogP contribution < -0.4 is 5.32 Å². The number of carbonyl (C=O) groups excluding carboxylic acids is 1.